The third-order valence-corrected chi connectivity index (χ3v) is 4.68. The van der Waals surface area contributed by atoms with E-state index in [1.165, 1.54) is 0 Å². The molecule has 26 heavy (non-hydrogen) atoms. The number of hydrogen-bond acceptors (Lipinski definition) is 5. The van der Waals surface area contributed by atoms with Gasteiger partial charge in [-0.25, -0.2) is 4.79 Å². The fraction of sp³-hybridized carbons (Fsp3) is 0.444. The smallest absolute Gasteiger partial charge is 0.326 e. The SMILES string of the molecule is Cc1ccc2c(c1)C(=O)N(CC(=O)NC(C(=O)O)C1CCCOC1)C2=O. The minimum Gasteiger partial charge on any atom is -0.480 e. The Kier molecular flexibility index (Phi) is 5.03. The van der Waals surface area contributed by atoms with Crippen LogP contribution >= 0.6 is 0 Å². The highest BCUT2D eigenvalue weighted by atomic mass is 16.5. The van der Waals surface area contributed by atoms with Crippen LogP contribution in [0.2, 0.25) is 0 Å². The van der Waals surface area contributed by atoms with Crippen LogP contribution in [0.15, 0.2) is 18.2 Å². The number of amides is 3. The number of aliphatic carboxylic acids is 1. The lowest BCUT2D eigenvalue weighted by Crippen LogP contribution is -2.51. The average molecular weight is 360 g/mol. The number of rotatable bonds is 5. The number of fused-ring (bicyclic) bond motifs is 1. The standard InChI is InChI=1S/C18H20N2O6/c1-10-4-5-12-13(7-10)17(23)20(16(12)22)8-14(21)19-15(18(24)25)11-3-2-6-26-9-11/h4-5,7,11,15H,2-3,6,8-9H2,1H3,(H,19,21)(H,24,25). The molecule has 3 rings (SSSR count). The molecule has 0 bridgehead atoms. The fourth-order valence-electron chi connectivity index (χ4n) is 3.32. The molecular weight excluding hydrogens is 340 g/mol. The lowest BCUT2D eigenvalue weighted by atomic mass is 9.93. The molecular formula is C18H20N2O6. The number of carboxylic acid groups (broad SMARTS) is 1. The third-order valence-electron chi connectivity index (χ3n) is 4.68. The summed E-state index contributed by atoms with van der Waals surface area (Å²) in [7, 11) is 0. The first-order valence-electron chi connectivity index (χ1n) is 8.45. The van der Waals surface area contributed by atoms with Crippen molar-refractivity contribution >= 4 is 23.7 Å². The van der Waals surface area contributed by atoms with E-state index in [1.54, 1.807) is 25.1 Å². The Bertz CT molecular complexity index is 769. The van der Waals surface area contributed by atoms with E-state index >= 15 is 0 Å². The summed E-state index contributed by atoms with van der Waals surface area (Å²) in [6.45, 7) is 2.12. The van der Waals surface area contributed by atoms with E-state index < -0.39 is 36.3 Å². The molecule has 0 spiro atoms. The highest BCUT2D eigenvalue weighted by Crippen LogP contribution is 2.24. The fourth-order valence-corrected chi connectivity index (χ4v) is 3.32. The van der Waals surface area contributed by atoms with Crippen LogP contribution in [0.25, 0.3) is 0 Å². The van der Waals surface area contributed by atoms with Gasteiger partial charge in [-0.2, -0.15) is 0 Å². The van der Waals surface area contributed by atoms with Gasteiger partial charge in [0.1, 0.15) is 12.6 Å². The van der Waals surface area contributed by atoms with Crippen molar-refractivity contribution in [1.29, 1.82) is 0 Å². The summed E-state index contributed by atoms with van der Waals surface area (Å²) >= 11 is 0. The molecule has 2 atom stereocenters. The maximum Gasteiger partial charge on any atom is 0.326 e. The van der Waals surface area contributed by atoms with Crippen LogP contribution in [-0.4, -0.2) is 59.5 Å². The van der Waals surface area contributed by atoms with Crippen molar-refractivity contribution in [2.24, 2.45) is 5.92 Å². The van der Waals surface area contributed by atoms with Gasteiger partial charge in [0, 0.05) is 12.5 Å². The quantitative estimate of drug-likeness (QED) is 0.743. The van der Waals surface area contributed by atoms with Crippen LogP contribution in [0.5, 0.6) is 0 Å². The summed E-state index contributed by atoms with van der Waals surface area (Å²) in [5.41, 5.74) is 1.35. The van der Waals surface area contributed by atoms with E-state index in [-0.39, 0.29) is 23.7 Å². The first kappa shape index (κ1) is 18.1. The number of imide groups is 1. The molecule has 3 amide bonds. The largest absolute Gasteiger partial charge is 0.480 e. The van der Waals surface area contributed by atoms with Gasteiger partial charge in [-0.3, -0.25) is 19.3 Å². The summed E-state index contributed by atoms with van der Waals surface area (Å²) in [6, 6.07) is 3.77. The van der Waals surface area contributed by atoms with Crippen LogP contribution < -0.4 is 5.32 Å². The van der Waals surface area contributed by atoms with Crippen LogP contribution in [-0.2, 0) is 14.3 Å². The second-order valence-corrected chi connectivity index (χ2v) is 6.61. The molecule has 138 valence electrons. The predicted molar refractivity (Wildman–Crippen MR) is 89.7 cm³/mol. The van der Waals surface area contributed by atoms with Gasteiger partial charge in [0.2, 0.25) is 5.91 Å². The van der Waals surface area contributed by atoms with Crippen molar-refractivity contribution in [2.45, 2.75) is 25.8 Å². The van der Waals surface area contributed by atoms with Gasteiger partial charge >= 0.3 is 5.97 Å². The Labute approximate surface area is 150 Å². The van der Waals surface area contributed by atoms with Crippen LogP contribution in [0.4, 0.5) is 0 Å². The minimum atomic E-state index is -1.16. The Morgan fingerprint density at radius 1 is 1.31 bits per heavy atom. The molecule has 2 heterocycles. The molecule has 2 N–H and O–H groups in total. The molecule has 2 aliphatic heterocycles. The number of carboxylic acids is 1. The second kappa shape index (κ2) is 7.25. The average Bonchev–Trinajstić information content (AvgIpc) is 2.84. The van der Waals surface area contributed by atoms with Crippen molar-refractivity contribution in [1.82, 2.24) is 10.2 Å². The van der Waals surface area contributed by atoms with Crippen molar-refractivity contribution in [3.63, 3.8) is 0 Å². The molecule has 1 aromatic carbocycles. The zero-order valence-electron chi connectivity index (χ0n) is 14.4. The lowest BCUT2D eigenvalue weighted by molar-refractivity contribution is -0.145. The number of nitrogens with zero attached hydrogens (tertiary/aromatic N) is 1. The minimum absolute atomic E-state index is 0.254. The summed E-state index contributed by atoms with van der Waals surface area (Å²) < 4.78 is 5.28. The molecule has 1 aromatic rings. The Morgan fingerprint density at radius 2 is 2.04 bits per heavy atom. The van der Waals surface area contributed by atoms with E-state index in [4.69, 9.17) is 4.74 Å². The number of carbonyl (C=O) groups excluding carboxylic acids is 3. The summed E-state index contributed by atoms with van der Waals surface area (Å²) in [6.07, 6.45) is 1.35. The van der Waals surface area contributed by atoms with E-state index in [9.17, 15) is 24.3 Å². The molecule has 1 saturated heterocycles. The molecule has 2 aliphatic rings. The van der Waals surface area contributed by atoms with Gasteiger partial charge in [0.15, 0.2) is 0 Å². The molecule has 2 unspecified atom stereocenters. The number of aryl methyl sites for hydroxylation is 1. The topological polar surface area (TPSA) is 113 Å². The number of ether oxygens (including phenoxy) is 1. The van der Waals surface area contributed by atoms with E-state index in [0.717, 1.165) is 16.9 Å². The molecule has 8 nitrogen and oxygen atoms in total. The van der Waals surface area contributed by atoms with Crippen LogP contribution in [0, 0.1) is 12.8 Å². The van der Waals surface area contributed by atoms with E-state index in [0.29, 0.717) is 13.0 Å². The number of nitrogens with one attached hydrogen (secondary N) is 1. The number of carbonyl (C=O) groups is 4. The van der Waals surface area contributed by atoms with Gasteiger partial charge < -0.3 is 15.2 Å². The number of hydrogen-bond donors (Lipinski definition) is 2. The predicted octanol–water partition coefficient (Wildman–Crippen LogP) is 0.587. The van der Waals surface area contributed by atoms with Gasteiger partial charge in [-0.15, -0.1) is 0 Å². The molecule has 8 heteroatoms. The van der Waals surface area contributed by atoms with Crippen molar-refractivity contribution < 1.29 is 29.0 Å². The normalized spacial score (nSPS) is 20.7. The maximum absolute atomic E-state index is 12.4. The lowest BCUT2D eigenvalue weighted by Gasteiger charge is -2.28. The Balaban J connectivity index is 1.68. The highest BCUT2D eigenvalue weighted by molar-refractivity contribution is 6.22. The van der Waals surface area contributed by atoms with Gasteiger partial charge in [0.05, 0.1) is 17.7 Å². The van der Waals surface area contributed by atoms with Crippen LogP contribution in [0.3, 0.4) is 0 Å². The number of benzene rings is 1. The van der Waals surface area contributed by atoms with Gasteiger partial charge in [-0.05, 0) is 31.9 Å². The summed E-state index contributed by atoms with van der Waals surface area (Å²) in [4.78, 5) is 49.4. The van der Waals surface area contributed by atoms with Crippen molar-refractivity contribution in [3.8, 4) is 0 Å². The molecule has 0 aliphatic carbocycles. The second-order valence-electron chi connectivity index (χ2n) is 6.61. The van der Waals surface area contributed by atoms with Crippen LogP contribution in [0.1, 0.15) is 39.1 Å². The Morgan fingerprint density at radius 3 is 2.69 bits per heavy atom. The first-order chi connectivity index (χ1) is 12.4. The molecule has 0 radical (unpaired) electrons. The summed E-state index contributed by atoms with van der Waals surface area (Å²) in [5.74, 6) is -3.28. The highest BCUT2D eigenvalue weighted by Gasteiger charge is 2.38. The monoisotopic (exact) mass is 360 g/mol. The van der Waals surface area contributed by atoms with Crippen molar-refractivity contribution in [2.75, 3.05) is 19.8 Å². The van der Waals surface area contributed by atoms with Gasteiger partial charge in [0.25, 0.3) is 11.8 Å². The first-order valence-corrected chi connectivity index (χ1v) is 8.45. The molecule has 1 fully saturated rings. The van der Waals surface area contributed by atoms with Crippen molar-refractivity contribution in [3.05, 3.63) is 34.9 Å². The third kappa shape index (κ3) is 3.45. The zero-order valence-corrected chi connectivity index (χ0v) is 14.4. The van der Waals surface area contributed by atoms with E-state index in [2.05, 4.69) is 5.32 Å². The van der Waals surface area contributed by atoms with Gasteiger partial charge in [-0.1, -0.05) is 11.6 Å². The maximum atomic E-state index is 12.4. The molecule has 0 aromatic heterocycles. The summed E-state index contributed by atoms with van der Waals surface area (Å²) in [5, 5.41) is 11.8. The Hall–Kier alpha value is -2.74. The van der Waals surface area contributed by atoms with E-state index in [1.807, 2.05) is 0 Å². The zero-order chi connectivity index (χ0) is 18.8. The molecule has 0 saturated carbocycles.